The maximum atomic E-state index is 12.5. The summed E-state index contributed by atoms with van der Waals surface area (Å²) in [6, 6.07) is 1.13. The summed E-state index contributed by atoms with van der Waals surface area (Å²) in [6.07, 6.45) is -7.37. The van der Waals surface area contributed by atoms with E-state index in [1.807, 2.05) is 0 Å². The van der Waals surface area contributed by atoms with Crippen molar-refractivity contribution >= 4 is 0 Å². The van der Waals surface area contributed by atoms with E-state index in [-0.39, 0.29) is 5.56 Å². The zero-order valence-electron chi connectivity index (χ0n) is 7.94. The van der Waals surface area contributed by atoms with E-state index in [2.05, 4.69) is 4.98 Å². The second-order valence-corrected chi connectivity index (χ2v) is 2.99. The van der Waals surface area contributed by atoms with Crippen molar-refractivity contribution < 1.29 is 22.0 Å². The minimum absolute atomic E-state index is 0.139. The van der Waals surface area contributed by atoms with Crippen molar-refractivity contribution in [1.29, 1.82) is 5.26 Å². The third-order valence-electron chi connectivity index (χ3n) is 1.92. The molecule has 2 nitrogen and oxygen atoms in total. The first kappa shape index (κ1) is 12.4. The summed E-state index contributed by atoms with van der Waals surface area (Å²) >= 11 is 0. The molecule has 0 bridgehead atoms. The molecule has 0 aliphatic carbocycles. The molecule has 7 heteroatoms. The predicted octanol–water partition coefficient (Wildman–Crippen LogP) is 3.22. The van der Waals surface area contributed by atoms with Gasteiger partial charge in [0, 0.05) is 11.8 Å². The molecule has 0 aromatic carbocycles. The van der Waals surface area contributed by atoms with Crippen molar-refractivity contribution in [3.63, 3.8) is 0 Å². The smallest absolute Gasteiger partial charge is 0.250 e. The zero-order chi connectivity index (χ0) is 12.5. The fourth-order valence-corrected chi connectivity index (χ4v) is 1.23. The third-order valence-corrected chi connectivity index (χ3v) is 1.92. The van der Waals surface area contributed by atoms with Crippen LogP contribution in [0.2, 0.25) is 0 Å². The molecule has 1 rings (SSSR count). The van der Waals surface area contributed by atoms with Gasteiger partial charge in [-0.3, -0.25) is 4.98 Å². The molecule has 1 aromatic rings. The molecule has 0 saturated heterocycles. The van der Waals surface area contributed by atoms with Gasteiger partial charge in [-0.2, -0.15) is 18.4 Å². The number of hydrogen-bond donors (Lipinski definition) is 0. The first-order valence-corrected chi connectivity index (χ1v) is 4.04. The van der Waals surface area contributed by atoms with Crippen LogP contribution in [0.15, 0.2) is 6.20 Å². The summed E-state index contributed by atoms with van der Waals surface area (Å²) < 4.78 is 62.1. The Kier molecular flexibility index (Phi) is 3.12. The monoisotopic (exact) mass is 236 g/mol. The van der Waals surface area contributed by atoms with Crippen LogP contribution in [0.1, 0.15) is 28.8 Å². The SMILES string of the molecule is Cc1cnc(C(F)(F)F)c(C#N)c1C(F)F. The minimum Gasteiger partial charge on any atom is -0.250 e. The number of pyridine rings is 1. The lowest BCUT2D eigenvalue weighted by molar-refractivity contribution is -0.141. The topological polar surface area (TPSA) is 36.7 Å². The molecule has 86 valence electrons. The summed E-state index contributed by atoms with van der Waals surface area (Å²) in [5, 5.41) is 8.51. The molecule has 0 unspecified atom stereocenters. The minimum atomic E-state index is -4.91. The molecule has 1 heterocycles. The van der Waals surface area contributed by atoms with Crippen molar-refractivity contribution in [2.75, 3.05) is 0 Å². The number of alkyl halides is 5. The summed E-state index contributed by atoms with van der Waals surface area (Å²) in [5.41, 5.74) is -3.73. The van der Waals surface area contributed by atoms with Crippen molar-refractivity contribution in [3.8, 4) is 6.07 Å². The van der Waals surface area contributed by atoms with Gasteiger partial charge in [-0.1, -0.05) is 0 Å². The normalized spacial score (nSPS) is 11.6. The fraction of sp³-hybridized carbons (Fsp3) is 0.333. The predicted molar refractivity (Wildman–Crippen MR) is 43.6 cm³/mol. The fourth-order valence-electron chi connectivity index (χ4n) is 1.23. The number of nitrogens with zero attached hydrogens (tertiary/aromatic N) is 2. The Balaban J connectivity index is 3.58. The van der Waals surface area contributed by atoms with Crippen molar-refractivity contribution in [2.24, 2.45) is 0 Å². The number of nitriles is 1. The van der Waals surface area contributed by atoms with Gasteiger partial charge in [0.15, 0.2) is 5.69 Å². The first-order chi connectivity index (χ1) is 7.29. The summed E-state index contributed by atoms with van der Waals surface area (Å²) in [4.78, 5) is 2.98. The molecule has 0 aliphatic rings. The summed E-state index contributed by atoms with van der Waals surface area (Å²) in [5.74, 6) is 0. The van der Waals surface area contributed by atoms with Gasteiger partial charge in [-0.25, -0.2) is 8.78 Å². The molecule has 1 aromatic heterocycles. The molecular weight excluding hydrogens is 231 g/mol. The van der Waals surface area contributed by atoms with Crippen LogP contribution in [-0.4, -0.2) is 4.98 Å². The van der Waals surface area contributed by atoms with Gasteiger partial charge in [0.05, 0.1) is 5.56 Å². The number of halogens is 5. The highest BCUT2D eigenvalue weighted by Crippen LogP contribution is 2.35. The number of aryl methyl sites for hydroxylation is 1. The molecule has 0 atom stereocenters. The van der Waals surface area contributed by atoms with Crippen LogP contribution in [0.4, 0.5) is 22.0 Å². The summed E-state index contributed by atoms with van der Waals surface area (Å²) in [6.45, 7) is 1.18. The Labute approximate surface area is 87.3 Å². The summed E-state index contributed by atoms with van der Waals surface area (Å²) in [7, 11) is 0. The van der Waals surface area contributed by atoms with Crippen LogP contribution in [0, 0.1) is 18.3 Å². The van der Waals surface area contributed by atoms with Crippen LogP contribution in [0.5, 0.6) is 0 Å². The first-order valence-electron chi connectivity index (χ1n) is 4.04. The molecule has 16 heavy (non-hydrogen) atoms. The van der Waals surface area contributed by atoms with E-state index in [9.17, 15) is 22.0 Å². The van der Waals surface area contributed by atoms with Gasteiger partial charge in [-0.05, 0) is 12.5 Å². The lowest BCUT2D eigenvalue weighted by Gasteiger charge is -2.12. The zero-order valence-corrected chi connectivity index (χ0v) is 7.94. The van der Waals surface area contributed by atoms with Gasteiger partial charge >= 0.3 is 6.18 Å². The van der Waals surface area contributed by atoms with Crippen LogP contribution in [0.3, 0.4) is 0 Å². The maximum absolute atomic E-state index is 12.5. The molecule has 0 fully saturated rings. The Morgan fingerprint density at radius 2 is 1.94 bits per heavy atom. The maximum Gasteiger partial charge on any atom is 0.434 e. The molecule has 0 aliphatic heterocycles. The molecule has 0 N–H and O–H groups in total. The van der Waals surface area contributed by atoms with Crippen molar-refractivity contribution in [3.05, 3.63) is 28.6 Å². The number of rotatable bonds is 1. The molecule has 0 saturated carbocycles. The molecule has 0 spiro atoms. The van der Waals surface area contributed by atoms with Gasteiger partial charge in [-0.15, -0.1) is 0 Å². The van der Waals surface area contributed by atoms with Crippen LogP contribution < -0.4 is 0 Å². The largest absolute Gasteiger partial charge is 0.434 e. The van der Waals surface area contributed by atoms with E-state index in [4.69, 9.17) is 5.26 Å². The van der Waals surface area contributed by atoms with Crippen LogP contribution >= 0.6 is 0 Å². The van der Waals surface area contributed by atoms with Gasteiger partial charge in [0.25, 0.3) is 6.43 Å². The Morgan fingerprint density at radius 3 is 2.31 bits per heavy atom. The standard InChI is InChI=1S/C9H5F5N2/c1-4-3-16-7(9(12,13)14)5(2-15)6(4)8(10)11/h3,8H,1H3. The second kappa shape index (κ2) is 4.04. The Morgan fingerprint density at radius 1 is 1.38 bits per heavy atom. The van der Waals surface area contributed by atoms with E-state index >= 15 is 0 Å². The van der Waals surface area contributed by atoms with Crippen LogP contribution in [-0.2, 0) is 6.18 Å². The number of aromatic nitrogens is 1. The van der Waals surface area contributed by atoms with Gasteiger partial charge in [0.2, 0.25) is 0 Å². The second-order valence-electron chi connectivity index (χ2n) is 2.99. The van der Waals surface area contributed by atoms with Gasteiger partial charge in [0.1, 0.15) is 6.07 Å². The Hall–Kier alpha value is -1.71. The Bertz CT molecular complexity index is 444. The highest BCUT2D eigenvalue weighted by Gasteiger charge is 2.38. The van der Waals surface area contributed by atoms with Crippen molar-refractivity contribution in [1.82, 2.24) is 4.98 Å². The van der Waals surface area contributed by atoms with E-state index in [0.29, 0.717) is 6.20 Å². The molecule has 0 amide bonds. The lowest BCUT2D eigenvalue weighted by Crippen LogP contribution is -2.13. The molecular formula is C9H5F5N2. The quantitative estimate of drug-likeness (QED) is 0.702. The lowest BCUT2D eigenvalue weighted by atomic mass is 10.0. The van der Waals surface area contributed by atoms with E-state index in [1.165, 1.54) is 6.92 Å². The third kappa shape index (κ3) is 2.10. The average molecular weight is 236 g/mol. The molecule has 0 radical (unpaired) electrons. The van der Waals surface area contributed by atoms with Crippen molar-refractivity contribution in [2.45, 2.75) is 19.5 Å². The van der Waals surface area contributed by atoms with E-state index in [0.717, 1.165) is 6.07 Å². The van der Waals surface area contributed by atoms with Crippen LogP contribution in [0.25, 0.3) is 0 Å². The highest BCUT2D eigenvalue weighted by atomic mass is 19.4. The van der Waals surface area contributed by atoms with E-state index < -0.39 is 29.4 Å². The average Bonchev–Trinajstić information content (AvgIpc) is 2.14. The highest BCUT2D eigenvalue weighted by molar-refractivity contribution is 5.46. The van der Waals surface area contributed by atoms with Gasteiger partial charge < -0.3 is 0 Å². The van der Waals surface area contributed by atoms with E-state index in [1.54, 1.807) is 0 Å². The number of hydrogen-bond acceptors (Lipinski definition) is 2.